The molecule has 108 valence electrons. The largest absolute Gasteiger partial charge is 0.310 e. The van der Waals surface area contributed by atoms with Gasteiger partial charge in [-0.3, -0.25) is 4.90 Å². The normalized spacial score (nSPS) is 25.9. The van der Waals surface area contributed by atoms with Crippen LogP contribution in [0.2, 0.25) is 0 Å². The summed E-state index contributed by atoms with van der Waals surface area (Å²) in [5, 5.41) is 3.51. The van der Waals surface area contributed by atoms with Crippen LogP contribution in [0.25, 0.3) is 0 Å². The van der Waals surface area contributed by atoms with Crippen molar-refractivity contribution >= 4 is 9.84 Å². The molecule has 1 aliphatic rings. The molecule has 1 heterocycles. The molecule has 1 unspecified atom stereocenters. The molecule has 18 heavy (non-hydrogen) atoms. The average molecular weight is 276 g/mol. The summed E-state index contributed by atoms with van der Waals surface area (Å²) in [4.78, 5) is 2.31. The first kappa shape index (κ1) is 15.9. The molecule has 4 nitrogen and oxygen atoms in total. The van der Waals surface area contributed by atoms with Crippen molar-refractivity contribution in [2.45, 2.75) is 52.1 Å². The molecule has 1 N–H and O–H groups in total. The van der Waals surface area contributed by atoms with Crippen LogP contribution in [0.3, 0.4) is 0 Å². The van der Waals surface area contributed by atoms with E-state index in [0.717, 1.165) is 19.5 Å². The zero-order valence-corrected chi connectivity index (χ0v) is 13.0. The minimum atomic E-state index is -2.87. The van der Waals surface area contributed by atoms with E-state index < -0.39 is 9.84 Å². The third-order valence-electron chi connectivity index (χ3n) is 3.59. The molecule has 0 amide bonds. The minimum absolute atomic E-state index is 0.0687. The molecular formula is C13H28N2O2S. The fourth-order valence-electron chi connectivity index (χ4n) is 2.49. The van der Waals surface area contributed by atoms with Crippen LogP contribution in [-0.2, 0) is 9.84 Å². The molecule has 0 saturated carbocycles. The number of rotatable bonds is 5. The highest BCUT2D eigenvalue weighted by atomic mass is 32.2. The van der Waals surface area contributed by atoms with Gasteiger partial charge in [0.05, 0.1) is 5.75 Å². The Hall–Kier alpha value is -0.130. The second-order valence-corrected chi connectivity index (χ2v) is 8.37. The number of hydrogen-bond acceptors (Lipinski definition) is 4. The maximum absolute atomic E-state index is 11.8. The Morgan fingerprint density at radius 2 is 2.00 bits per heavy atom. The van der Waals surface area contributed by atoms with Gasteiger partial charge in [-0.1, -0.05) is 6.92 Å². The van der Waals surface area contributed by atoms with Crippen molar-refractivity contribution in [1.82, 2.24) is 10.2 Å². The Kier molecular flexibility index (Phi) is 5.62. The molecule has 0 aromatic heterocycles. The summed E-state index contributed by atoms with van der Waals surface area (Å²) in [6.07, 6.45) is 1.79. The standard InChI is InChI=1S/C13H28N2O2S/c1-5-9-18(16,17)10-8-15-11-13(3,4)14-7-6-12(15)2/h12,14H,5-11H2,1-4H3. The van der Waals surface area contributed by atoms with Gasteiger partial charge in [0, 0.05) is 30.4 Å². The molecule has 0 aliphatic carbocycles. The van der Waals surface area contributed by atoms with Crippen LogP contribution < -0.4 is 5.32 Å². The quantitative estimate of drug-likeness (QED) is 0.822. The Morgan fingerprint density at radius 1 is 1.33 bits per heavy atom. The van der Waals surface area contributed by atoms with Gasteiger partial charge in [0.2, 0.25) is 0 Å². The summed E-state index contributed by atoms with van der Waals surface area (Å²) in [5.74, 6) is 0.609. The SMILES string of the molecule is CCCS(=O)(=O)CCN1CC(C)(C)NCCC1C. The van der Waals surface area contributed by atoms with Crippen molar-refractivity contribution in [3.8, 4) is 0 Å². The highest BCUT2D eigenvalue weighted by molar-refractivity contribution is 7.91. The Balaban J connectivity index is 2.58. The molecule has 1 rings (SSSR count). The number of nitrogens with one attached hydrogen (secondary N) is 1. The van der Waals surface area contributed by atoms with Crippen LogP contribution in [0.15, 0.2) is 0 Å². The average Bonchev–Trinajstić information content (AvgIpc) is 2.35. The van der Waals surface area contributed by atoms with E-state index in [0.29, 0.717) is 30.5 Å². The fourth-order valence-corrected chi connectivity index (χ4v) is 3.83. The molecule has 1 fully saturated rings. The summed E-state index contributed by atoms with van der Waals surface area (Å²) < 4.78 is 23.6. The maximum atomic E-state index is 11.8. The van der Waals surface area contributed by atoms with Crippen LogP contribution in [-0.4, -0.2) is 56.0 Å². The summed E-state index contributed by atoms with van der Waals surface area (Å²) in [6, 6.07) is 0.455. The van der Waals surface area contributed by atoms with Crippen LogP contribution >= 0.6 is 0 Å². The van der Waals surface area contributed by atoms with Crippen molar-refractivity contribution in [1.29, 1.82) is 0 Å². The molecule has 0 radical (unpaired) electrons. The molecule has 1 atom stereocenters. The van der Waals surface area contributed by atoms with Gasteiger partial charge in [-0.05, 0) is 40.2 Å². The Labute approximate surface area is 112 Å². The second-order valence-electron chi connectivity index (χ2n) is 6.07. The van der Waals surface area contributed by atoms with E-state index in [1.165, 1.54) is 0 Å². The summed E-state index contributed by atoms with van der Waals surface area (Å²) in [7, 11) is -2.87. The topological polar surface area (TPSA) is 49.4 Å². The van der Waals surface area contributed by atoms with Gasteiger partial charge in [-0.2, -0.15) is 0 Å². The second kappa shape index (κ2) is 6.35. The van der Waals surface area contributed by atoms with E-state index in [1.807, 2.05) is 6.92 Å². The van der Waals surface area contributed by atoms with Crippen molar-refractivity contribution in [3.63, 3.8) is 0 Å². The van der Waals surface area contributed by atoms with E-state index in [2.05, 4.69) is 31.0 Å². The lowest BCUT2D eigenvalue weighted by Gasteiger charge is -2.32. The third kappa shape index (κ3) is 5.24. The Morgan fingerprint density at radius 3 is 2.61 bits per heavy atom. The first-order valence-corrected chi connectivity index (χ1v) is 8.77. The highest BCUT2D eigenvalue weighted by Gasteiger charge is 2.28. The van der Waals surface area contributed by atoms with Gasteiger partial charge >= 0.3 is 0 Å². The first-order chi connectivity index (χ1) is 8.26. The fraction of sp³-hybridized carbons (Fsp3) is 1.00. The van der Waals surface area contributed by atoms with E-state index >= 15 is 0 Å². The molecule has 0 aromatic carbocycles. The summed E-state index contributed by atoms with van der Waals surface area (Å²) in [6.45, 7) is 11.0. The first-order valence-electron chi connectivity index (χ1n) is 6.95. The molecular weight excluding hydrogens is 248 g/mol. The van der Waals surface area contributed by atoms with Crippen LogP contribution in [0, 0.1) is 0 Å². The van der Waals surface area contributed by atoms with Crippen molar-refractivity contribution in [2.24, 2.45) is 0 Å². The van der Waals surface area contributed by atoms with Crippen molar-refractivity contribution < 1.29 is 8.42 Å². The molecule has 0 spiro atoms. The molecule has 1 aliphatic heterocycles. The predicted octanol–water partition coefficient (Wildman–Crippen LogP) is 1.27. The van der Waals surface area contributed by atoms with Crippen LogP contribution in [0.4, 0.5) is 0 Å². The lowest BCUT2D eigenvalue weighted by atomic mass is 10.1. The van der Waals surface area contributed by atoms with Gasteiger partial charge < -0.3 is 5.32 Å². The van der Waals surface area contributed by atoms with Gasteiger partial charge in [-0.15, -0.1) is 0 Å². The van der Waals surface area contributed by atoms with E-state index in [9.17, 15) is 8.42 Å². The third-order valence-corrected chi connectivity index (χ3v) is 5.43. The van der Waals surface area contributed by atoms with Crippen LogP contribution in [0.1, 0.15) is 40.5 Å². The summed E-state index contributed by atoms with van der Waals surface area (Å²) in [5.41, 5.74) is 0.0687. The van der Waals surface area contributed by atoms with Gasteiger partial charge in [-0.25, -0.2) is 8.42 Å². The lowest BCUT2D eigenvalue weighted by Crippen LogP contribution is -2.48. The Bertz CT molecular complexity index is 352. The molecule has 0 aromatic rings. The van der Waals surface area contributed by atoms with Gasteiger partial charge in [0.15, 0.2) is 9.84 Å². The zero-order chi connectivity index (χ0) is 13.8. The predicted molar refractivity (Wildman–Crippen MR) is 76.7 cm³/mol. The van der Waals surface area contributed by atoms with E-state index in [1.54, 1.807) is 0 Å². The number of hydrogen-bond donors (Lipinski definition) is 1. The van der Waals surface area contributed by atoms with Gasteiger partial charge in [0.1, 0.15) is 0 Å². The highest BCUT2D eigenvalue weighted by Crippen LogP contribution is 2.15. The van der Waals surface area contributed by atoms with E-state index in [-0.39, 0.29) is 5.54 Å². The number of sulfone groups is 1. The minimum Gasteiger partial charge on any atom is -0.310 e. The van der Waals surface area contributed by atoms with Crippen LogP contribution in [0.5, 0.6) is 0 Å². The van der Waals surface area contributed by atoms with Crippen molar-refractivity contribution in [3.05, 3.63) is 0 Å². The van der Waals surface area contributed by atoms with Gasteiger partial charge in [0.25, 0.3) is 0 Å². The monoisotopic (exact) mass is 276 g/mol. The summed E-state index contributed by atoms with van der Waals surface area (Å²) >= 11 is 0. The number of nitrogens with zero attached hydrogens (tertiary/aromatic N) is 1. The molecule has 1 saturated heterocycles. The smallest absolute Gasteiger partial charge is 0.151 e. The molecule has 0 bridgehead atoms. The van der Waals surface area contributed by atoms with E-state index in [4.69, 9.17) is 0 Å². The zero-order valence-electron chi connectivity index (χ0n) is 12.2. The lowest BCUT2D eigenvalue weighted by molar-refractivity contribution is 0.191. The maximum Gasteiger partial charge on any atom is 0.151 e. The molecule has 5 heteroatoms. The van der Waals surface area contributed by atoms with Crippen molar-refractivity contribution in [2.75, 3.05) is 31.1 Å².